The molecule has 0 spiro atoms. The molecule has 0 aliphatic carbocycles. The maximum atomic E-state index is 6.65. The molecule has 0 saturated carbocycles. The first-order valence-corrected chi connectivity index (χ1v) is 2.38. The van der Waals surface area contributed by atoms with Crippen LogP contribution in [0.15, 0.2) is 0 Å². The van der Waals surface area contributed by atoms with Crippen molar-refractivity contribution in [3.05, 3.63) is 12.2 Å². The molecule has 0 amide bonds. The molecule has 1 heteroatoms. The smallest absolute Gasteiger partial charge is 0.0678 e. The lowest BCUT2D eigenvalue weighted by atomic mass is 10.3. The Balaban J connectivity index is 2.34. The van der Waals surface area contributed by atoms with Crippen molar-refractivity contribution in [2.24, 2.45) is 0 Å². The van der Waals surface area contributed by atoms with Crippen LogP contribution in [0.1, 0.15) is 19.8 Å². The van der Waals surface area contributed by atoms with Gasteiger partial charge in [0.15, 0.2) is 0 Å². The minimum absolute atomic E-state index is 0.480. The second-order valence-corrected chi connectivity index (χ2v) is 1.28. The number of hydrogen-bond donors (Lipinski definition) is 0. The van der Waals surface area contributed by atoms with Gasteiger partial charge in [0.25, 0.3) is 0 Å². The van der Waals surface area contributed by atoms with E-state index in [1.54, 1.807) is 0 Å². The van der Waals surface area contributed by atoms with Gasteiger partial charge in [-0.05, 0) is 0 Å². The quantitative estimate of drug-likeness (QED) is 0.370. The Hall–Kier alpha value is -0.0400. The highest BCUT2D eigenvalue weighted by Gasteiger charge is 1.58. The molecule has 0 rings (SSSR count). The average molecular weight is 85.2 g/mol. The predicted molar refractivity (Wildman–Crippen MR) is 28.4 cm³/mol. The summed E-state index contributed by atoms with van der Waals surface area (Å²) >= 11 is 0. The summed E-state index contributed by atoms with van der Waals surface area (Å²) in [6.07, 6.45) is 4.25. The summed E-state index contributed by atoms with van der Waals surface area (Å²) < 4.78 is 0. The van der Waals surface area contributed by atoms with Gasteiger partial charge in [0.1, 0.15) is 0 Å². The number of unbranched alkanes of at least 4 members (excludes halogenated alkanes) is 2. The molecule has 1 N–H and O–H groups in total. The van der Waals surface area contributed by atoms with E-state index in [0.29, 0.717) is 6.54 Å². The normalized spacial score (nSPS) is 9.00. The van der Waals surface area contributed by atoms with Gasteiger partial charge in [-0.3, -0.25) is 6.54 Å². The molecule has 0 aliphatic rings. The van der Waals surface area contributed by atoms with Crippen LogP contribution in [0.5, 0.6) is 0 Å². The summed E-state index contributed by atoms with van der Waals surface area (Å²) in [5, 5.41) is 0. The van der Waals surface area contributed by atoms with E-state index in [1.807, 2.05) is 6.42 Å². The Morgan fingerprint density at radius 1 is 1.67 bits per heavy atom. The van der Waals surface area contributed by atoms with Crippen LogP contribution >= 0.6 is 0 Å². The van der Waals surface area contributed by atoms with Crippen LogP contribution in [-0.2, 0) is 0 Å². The van der Waals surface area contributed by atoms with Crippen molar-refractivity contribution >= 4 is 0 Å². The van der Waals surface area contributed by atoms with Crippen LogP contribution < -0.4 is 0 Å². The van der Waals surface area contributed by atoms with E-state index in [1.165, 1.54) is 6.42 Å². The average Bonchev–Trinajstić information content (AvgIpc) is 1.61. The third-order valence-electron chi connectivity index (χ3n) is 0.637. The molecule has 1 nitrogen and oxygen atoms in total. The Labute approximate surface area is 39.5 Å². The fourth-order valence-corrected chi connectivity index (χ4v) is 0.306. The molecule has 0 unspecified atom stereocenters. The standard InChI is InChI=1S/C5H11N/c1-2-3-4-5-6/h4,6H,2-3,5H2,1H3/q-2. The van der Waals surface area contributed by atoms with E-state index in [4.69, 9.17) is 5.73 Å². The molecular formula is C5H11N-2. The summed E-state index contributed by atoms with van der Waals surface area (Å²) in [5.74, 6) is 0. The van der Waals surface area contributed by atoms with Gasteiger partial charge in [0.05, 0.1) is 0 Å². The van der Waals surface area contributed by atoms with Crippen molar-refractivity contribution in [3.8, 4) is 0 Å². The molecule has 0 radical (unpaired) electrons. The molecule has 0 fully saturated rings. The van der Waals surface area contributed by atoms with Crippen LogP contribution in [0.4, 0.5) is 0 Å². The van der Waals surface area contributed by atoms with Gasteiger partial charge in [0.2, 0.25) is 0 Å². The third-order valence-corrected chi connectivity index (χ3v) is 0.637. The first-order chi connectivity index (χ1) is 2.91. The lowest BCUT2D eigenvalue weighted by Gasteiger charge is -2.08. The third kappa shape index (κ3) is 3.96. The largest absolute Gasteiger partial charge is 0.703 e. The molecular weight excluding hydrogens is 74.1 g/mol. The molecule has 38 valence electrons. The second-order valence-electron chi connectivity index (χ2n) is 1.28. The van der Waals surface area contributed by atoms with Crippen LogP contribution in [0.25, 0.3) is 5.73 Å². The highest BCUT2D eigenvalue weighted by Crippen LogP contribution is 1.89. The Morgan fingerprint density at radius 2 is 2.33 bits per heavy atom. The van der Waals surface area contributed by atoms with E-state index in [9.17, 15) is 0 Å². The van der Waals surface area contributed by atoms with Gasteiger partial charge in [-0.15, -0.1) is 0 Å². The van der Waals surface area contributed by atoms with Crippen LogP contribution in [0, 0.1) is 6.42 Å². The topological polar surface area (TPSA) is 23.8 Å². The SMILES string of the molecule is CCC[CH-]C[NH-]. The zero-order valence-electron chi connectivity index (χ0n) is 4.20. The summed E-state index contributed by atoms with van der Waals surface area (Å²) in [7, 11) is 0. The molecule has 0 saturated heterocycles. The van der Waals surface area contributed by atoms with Gasteiger partial charge in [-0.1, -0.05) is 13.3 Å². The maximum Gasteiger partial charge on any atom is -0.0678 e. The lowest BCUT2D eigenvalue weighted by molar-refractivity contribution is 0.893. The molecule has 0 aromatic carbocycles. The van der Waals surface area contributed by atoms with E-state index in [2.05, 4.69) is 6.92 Å². The zero-order valence-corrected chi connectivity index (χ0v) is 4.20. The number of nitrogens with one attached hydrogen (secondary N) is 1. The fraction of sp³-hybridized carbons (Fsp3) is 0.800. The monoisotopic (exact) mass is 85.1 g/mol. The first kappa shape index (κ1) is 5.96. The van der Waals surface area contributed by atoms with Gasteiger partial charge >= 0.3 is 0 Å². The van der Waals surface area contributed by atoms with Crippen molar-refractivity contribution in [1.29, 1.82) is 0 Å². The van der Waals surface area contributed by atoms with Crippen LogP contribution in [0.2, 0.25) is 0 Å². The van der Waals surface area contributed by atoms with E-state index >= 15 is 0 Å². The van der Waals surface area contributed by atoms with Gasteiger partial charge in [0, 0.05) is 0 Å². The first-order valence-electron chi connectivity index (χ1n) is 2.38. The van der Waals surface area contributed by atoms with Crippen LogP contribution in [0.3, 0.4) is 0 Å². The van der Waals surface area contributed by atoms with Gasteiger partial charge in [-0.2, -0.15) is 6.42 Å². The molecule has 0 aromatic heterocycles. The van der Waals surface area contributed by atoms with E-state index in [-0.39, 0.29) is 0 Å². The fourth-order valence-electron chi connectivity index (χ4n) is 0.306. The van der Waals surface area contributed by atoms with Crippen molar-refractivity contribution in [2.75, 3.05) is 6.54 Å². The van der Waals surface area contributed by atoms with E-state index < -0.39 is 0 Å². The Morgan fingerprint density at radius 3 is 2.50 bits per heavy atom. The van der Waals surface area contributed by atoms with Crippen molar-refractivity contribution < 1.29 is 0 Å². The van der Waals surface area contributed by atoms with Gasteiger partial charge in [-0.25, -0.2) is 0 Å². The summed E-state index contributed by atoms with van der Waals surface area (Å²) in [4.78, 5) is 0. The van der Waals surface area contributed by atoms with Crippen LogP contribution in [-0.4, -0.2) is 6.54 Å². The van der Waals surface area contributed by atoms with Crippen molar-refractivity contribution in [1.82, 2.24) is 0 Å². The number of hydrogen-bond acceptors (Lipinski definition) is 0. The highest BCUT2D eigenvalue weighted by molar-refractivity contribution is 4.70. The number of rotatable bonds is 3. The summed E-state index contributed by atoms with van der Waals surface area (Å²) in [5.41, 5.74) is 6.65. The molecule has 0 aromatic rings. The van der Waals surface area contributed by atoms with E-state index in [0.717, 1.165) is 6.42 Å². The summed E-state index contributed by atoms with van der Waals surface area (Å²) in [6.45, 7) is 2.60. The molecule has 0 atom stereocenters. The lowest BCUT2D eigenvalue weighted by Crippen LogP contribution is -1.74. The van der Waals surface area contributed by atoms with Crippen molar-refractivity contribution in [2.45, 2.75) is 19.8 Å². The second kappa shape index (κ2) is 4.96. The molecule has 0 aliphatic heterocycles. The molecule has 0 heterocycles. The Bertz CT molecular complexity index is 15.9. The molecule has 0 bridgehead atoms. The highest BCUT2D eigenvalue weighted by atomic mass is 14.5. The minimum atomic E-state index is 0.480. The zero-order chi connectivity index (χ0) is 4.83. The maximum absolute atomic E-state index is 6.65. The minimum Gasteiger partial charge on any atom is -0.703 e. The predicted octanol–water partition coefficient (Wildman–Crippen LogP) is 2.04. The molecule has 6 heavy (non-hydrogen) atoms. The summed E-state index contributed by atoms with van der Waals surface area (Å²) in [6, 6.07) is 0. The Kier molecular flexibility index (Phi) is 4.93. The van der Waals surface area contributed by atoms with Gasteiger partial charge < -0.3 is 12.2 Å². The van der Waals surface area contributed by atoms with Crippen molar-refractivity contribution in [3.63, 3.8) is 0 Å².